The number of benzene rings is 2. The first-order chi connectivity index (χ1) is 11.8. The molecule has 0 saturated carbocycles. The van der Waals surface area contributed by atoms with Crippen LogP contribution in [-0.2, 0) is 6.61 Å². The fourth-order valence-electron chi connectivity index (χ4n) is 2.98. The number of ether oxygens (including phenoxy) is 1. The lowest BCUT2D eigenvalue weighted by molar-refractivity contribution is 0.0707. The van der Waals surface area contributed by atoms with E-state index in [-0.39, 0.29) is 18.3 Å². The highest BCUT2D eigenvalue weighted by molar-refractivity contribution is 5.94. The topological polar surface area (TPSA) is 41.6 Å². The summed E-state index contributed by atoms with van der Waals surface area (Å²) in [5.41, 5.74) is 1.81. The van der Waals surface area contributed by atoms with Crippen molar-refractivity contribution < 1.29 is 9.53 Å². The molecule has 1 aliphatic rings. The Kier molecular flexibility index (Phi) is 7.29. The summed E-state index contributed by atoms with van der Waals surface area (Å²) >= 11 is 0. The Labute approximate surface area is 155 Å². The van der Waals surface area contributed by atoms with Crippen molar-refractivity contribution in [3.05, 3.63) is 65.7 Å². The van der Waals surface area contributed by atoms with E-state index in [4.69, 9.17) is 4.74 Å². The molecule has 1 heterocycles. The van der Waals surface area contributed by atoms with Crippen molar-refractivity contribution in [3.63, 3.8) is 0 Å². The van der Waals surface area contributed by atoms with Crippen LogP contribution in [0, 0.1) is 0 Å². The number of carbonyl (C=O) groups excluding carboxylic acids is 1. The van der Waals surface area contributed by atoms with E-state index in [1.165, 1.54) is 0 Å². The largest absolute Gasteiger partial charge is 0.489 e. The van der Waals surface area contributed by atoms with Crippen LogP contribution in [0.2, 0.25) is 0 Å². The van der Waals surface area contributed by atoms with Crippen LogP contribution in [-0.4, -0.2) is 37.0 Å². The highest BCUT2D eigenvalue weighted by Gasteiger charge is 2.22. The molecule has 25 heavy (non-hydrogen) atoms. The minimum absolute atomic E-state index is 0. The molecule has 0 unspecified atom stereocenters. The van der Waals surface area contributed by atoms with Crippen LogP contribution in [0.25, 0.3) is 0 Å². The van der Waals surface area contributed by atoms with Crippen LogP contribution in [0.4, 0.5) is 0 Å². The summed E-state index contributed by atoms with van der Waals surface area (Å²) < 4.78 is 5.73. The molecule has 2 aromatic carbocycles. The van der Waals surface area contributed by atoms with Crippen LogP contribution < -0.4 is 10.1 Å². The van der Waals surface area contributed by atoms with E-state index in [2.05, 4.69) is 5.32 Å². The molecule has 0 aliphatic carbocycles. The van der Waals surface area contributed by atoms with Gasteiger partial charge in [-0.15, -0.1) is 12.4 Å². The zero-order chi connectivity index (χ0) is 16.8. The van der Waals surface area contributed by atoms with E-state index in [0.29, 0.717) is 12.6 Å². The maximum absolute atomic E-state index is 12.6. The smallest absolute Gasteiger partial charge is 0.253 e. The predicted octanol–water partition coefficient (Wildman–Crippen LogP) is 3.51. The second-order valence-electron chi connectivity index (χ2n) is 6.15. The molecule has 1 fully saturated rings. The molecule has 3 rings (SSSR count). The summed E-state index contributed by atoms with van der Waals surface area (Å²) in [4.78, 5) is 14.5. The molecule has 1 N–H and O–H groups in total. The highest BCUT2D eigenvalue weighted by atomic mass is 35.5. The van der Waals surface area contributed by atoms with Gasteiger partial charge in [0.05, 0.1) is 0 Å². The number of nitrogens with one attached hydrogen (secondary N) is 1. The minimum atomic E-state index is 0. The average Bonchev–Trinajstić information content (AvgIpc) is 2.67. The number of piperidine rings is 1. The number of nitrogens with zero attached hydrogens (tertiary/aromatic N) is 1. The lowest BCUT2D eigenvalue weighted by Crippen LogP contribution is -2.43. The Hall–Kier alpha value is -2.04. The zero-order valence-electron chi connectivity index (χ0n) is 14.5. The fourth-order valence-corrected chi connectivity index (χ4v) is 2.98. The lowest BCUT2D eigenvalue weighted by atomic mass is 10.0. The number of hydrogen-bond acceptors (Lipinski definition) is 3. The molecule has 0 aromatic heterocycles. The van der Waals surface area contributed by atoms with Gasteiger partial charge in [0.15, 0.2) is 0 Å². The highest BCUT2D eigenvalue weighted by Crippen LogP contribution is 2.16. The Morgan fingerprint density at radius 3 is 2.32 bits per heavy atom. The Morgan fingerprint density at radius 2 is 1.72 bits per heavy atom. The molecule has 0 atom stereocenters. The Morgan fingerprint density at radius 1 is 1.08 bits per heavy atom. The van der Waals surface area contributed by atoms with E-state index >= 15 is 0 Å². The third-order valence-corrected chi connectivity index (χ3v) is 4.54. The summed E-state index contributed by atoms with van der Waals surface area (Å²) in [6, 6.07) is 18.0. The van der Waals surface area contributed by atoms with Gasteiger partial charge in [-0.1, -0.05) is 30.3 Å². The number of carbonyl (C=O) groups is 1. The van der Waals surface area contributed by atoms with Gasteiger partial charge in [0, 0.05) is 24.7 Å². The molecule has 0 bridgehead atoms. The van der Waals surface area contributed by atoms with E-state index in [0.717, 1.165) is 42.8 Å². The standard InChI is InChI=1S/C20H24N2O2.ClH/c1-21-18-11-13-22(14-12-18)20(23)17-9-7-16(8-10-17)15-24-19-5-3-2-4-6-19;/h2-10,18,21H,11-15H2,1H3;1H. The van der Waals surface area contributed by atoms with Gasteiger partial charge >= 0.3 is 0 Å². The predicted molar refractivity (Wildman–Crippen MR) is 102 cm³/mol. The van der Waals surface area contributed by atoms with Crippen molar-refractivity contribution in [2.24, 2.45) is 0 Å². The second-order valence-corrected chi connectivity index (χ2v) is 6.15. The van der Waals surface area contributed by atoms with Gasteiger partial charge in [-0.25, -0.2) is 0 Å². The van der Waals surface area contributed by atoms with Gasteiger partial charge in [0.1, 0.15) is 12.4 Å². The number of amides is 1. The van der Waals surface area contributed by atoms with Crippen molar-refractivity contribution in [1.82, 2.24) is 10.2 Å². The Balaban J connectivity index is 0.00000225. The molecule has 134 valence electrons. The van der Waals surface area contributed by atoms with Crippen molar-refractivity contribution in [3.8, 4) is 5.75 Å². The summed E-state index contributed by atoms with van der Waals surface area (Å²) in [5.74, 6) is 0.977. The molecule has 5 heteroatoms. The molecular weight excluding hydrogens is 336 g/mol. The van der Waals surface area contributed by atoms with Gasteiger partial charge < -0.3 is 15.0 Å². The second kappa shape index (κ2) is 9.44. The van der Waals surface area contributed by atoms with Crippen LogP contribution in [0.15, 0.2) is 54.6 Å². The molecule has 2 aromatic rings. The quantitative estimate of drug-likeness (QED) is 0.887. The van der Waals surface area contributed by atoms with Gasteiger partial charge in [-0.05, 0) is 49.7 Å². The average molecular weight is 361 g/mol. The van der Waals surface area contributed by atoms with E-state index in [1.807, 2.05) is 66.5 Å². The van der Waals surface area contributed by atoms with Crippen molar-refractivity contribution in [2.75, 3.05) is 20.1 Å². The van der Waals surface area contributed by atoms with Crippen molar-refractivity contribution in [1.29, 1.82) is 0 Å². The first-order valence-corrected chi connectivity index (χ1v) is 8.49. The lowest BCUT2D eigenvalue weighted by Gasteiger charge is -2.31. The number of likely N-dealkylation sites (tertiary alicyclic amines) is 1. The minimum Gasteiger partial charge on any atom is -0.489 e. The molecular formula is C20H25ClN2O2. The van der Waals surface area contributed by atoms with Crippen LogP contribution in [0.5, 0.6) is 5.75 Å². The summed E-state index contributed by atoms with van der Waals surface area (Å²) in [7, 11) is 1.98. The van der Waals surface area contributed by atoms with Gasteiger partial charge in [-0.2, -0.15) is 0 Å². The van der Waals surface area contributed by atoms with E-state index in [1.54, 1.807) is 0 Å². The molecule has 1 amide bonds. The van der Waals surface area contributed by atoms with Crippen molar-refractivity contribution in [2.45, 2.75) is 25.5 Å². The van der Waals surface area contributed by atoms with Crippen LogP contribution in [0.1, 0.15) is 28.8 Å². The fraction of sp³-hybridized carbons (Fsp3) is 0.350. The number of rotatable bonds is 5. The normalized spacial score (nSPS) is 14.7. The summed E-state index contributed by atoms with van der Waals surface area (Å²) in [5, 5.41) is 3.29. The summed E-state index contributed by atoms with van der Waals surface area (Å²) in [6.07, 6.45) is 2.04. The number of hydrogen-bond donors (Lipinski definition) is 1. The van der Waals surface area contributed by atoms with E-state index in [9.17, 15) is 4.79 Å². The third kappa shape index (κ3) is 5.21. The first kappa shape index (κ1) is 19.3. The molecule has 1 saturated heterocycles. The van der Waals surface area contributed by atoms with Gasteiger partial charge in [-0.3, -0.25) is 4.79 Å². The molecule has 4 nitrogen and oxygen atoms in total. The van der Waals surface area contributed by atoms with Crippen molar-refractivity contribution >= 4 is 18.3 Å². The molecule has 0 spiro atoms. The molecule has 0 radical (unpaired) electrons. The summed E-state index contributed by atoms with van der Waals surface area (Å²) in [6.45, 7) is 2.15. The van der Waals surface area contributed by atoms with Gasteiger partial charge in [0.2, 0.25) is 0 Å². The SMILES string of the molecule is CNC1CCN(C(=O)c2ccc(COc3ccccc3)cc2)CC1.Cl. The monoisotopic (exact) mass is 360 g/mol. The third-order valence-electron chi connectivity index (χ3n) is 4.54. The number of para-hydroxylation sites is 1. The van der Waals surface area contributed by atoms with E-state index < -0.39 is 0 Å². The Bertz CT molecular complexity index is 653. The van der Waals surface area contributed by atoms with Crippen LogP contribution in [0.3, 0.4) is 0 Å². The van der Waals surface area contributed by atoms with Crippen LogP contribution >= 0.6 is 12.4 Å². The van der Waals surface area contributed by atoms with Gasteiger partial charge in [0.25, 0.3) is 5.91 Å². The maximum atomic E-state index is 12.6. The zero-order valence-corrected chi connectivity index (χ0v) is 15.3. The maximum Gasteiger partial charge on any atom is 0.253 e. The first-order valence-electron chi connectivity index (χ1n) is 8.49. The molecule has 1 aliphatic heterocycles. The number of halogens is 1.